The second-order valence-corrected chi connectivity index (χ2v) is 8.42. The predicted octanol–water partition coefficient (Wildman–Crippen LogP) is 4.12. The maximum absolute atomic E-state index is 12.4. The van der Waals surface area contributed by atoms with Crippen LogP contribution in [0.2, 0.25) is 0 Å². The summed E-state index contributed by atoms with van der Waals surface area (Å²) in [6.07, 6.45) is 0. The van der Waals surface area contributed by atoms with Gasteiger partial charge in [-0.05, 0) is 38.5 Å². The Hall–Kier alpha value is -2.19. The van der Waals surface area contributed by atoms with Gasteiger partial charge in [-0.3, -0.25) is 4.79 Å². The fraction of sp³-hybridized carbons (Fsp3) is 0.263. The molecule has 0 radical (unpaired) electrons. The Morgan fingerprint density at radius 3 is 2.59 bits per heavy atom. The molecule has 1 aromatic carbocycles. The summed E-state index contributed by atoms with van der Waals surface area (Å²) in [7, 11) is 0. The summed E-state index contributed by atoms with van der Waals surface area (Å²) in [5.74, 6) is 1.43. The molecule has 1 atom stereocenters. The zero-order valence-electron chi connectivity index (χ0n) is 15.2. The van der Waals surface area contributed by atoms with E-state index in [2.05, 4.69) is 42.4 Å². The topological polar surface area (TPSA) is 72.7 Å². The molecule has 138 valence electrons. The van der Waals surface area contributed by atoms with Crippen LogP contribution in [0.15, 0.2) is 34.8 Å². The molecule has 0 saturated carbocycles. The molecule has 3 aromatic rings. The Balaban J connectivity index is 1.93. The number of nitrogens with one attached hydrogen (secondary N) is 1. The number of nitrogens with zero attached hydrogens (tertiary/aromatic N) is 4. The second-order valence-electron chi connectivity index (χ2n) is 6.47. The van der Waals surface area contributed by atoms with Crippen LogP contribution in [0.5, 0.6) is 0 Å². The molecule has 0 fully saturated rings. The molecule has 1 N–H and O–H groups in total. The molecular weight excluding hydrogens is 426 g/mol. The number of rotatable bonds is 2. The number of benzene rings is 1. The van der Waals surface area contributed by atoms with Gasteiger partial charge in [0.1, 0.15) is 5.82 Å². The Morgan fingerprint density at radius 2 is 1.89 bits per heavy atom. The van der Waals surface area contributed by atoms with Crippen molar-refractivity contribution in [2.45, 2.75) is 26.0 Å². The molecule has 8 heteroatoms. The largest absolute Gasteiger partial charge is 0.309 e. The summed E-state index contributed by atoms with van der Waals surface area (Å²) in [5, 5.41) is 7.67. The van der Waals surface area contributed by atoms with Gasteiger partial charge in [0, 0.05) is 21.4 Å². The Kier molecular flexibility index (Phi) is 4.77. The summed E-state index contributed by atoms with van der Waals surface area (Å²) in [4.78, 5) is 21.4. The lowest BCUT2D eigenvalue weighted by Crippen LogP contribution is -2.17. The van der Waals surface area contributed by atoms with Gasteiger partial charge in [0.15, 0.2) is 0 Å². The third-order valence-electron chi connectivity index (χ3n) is 4.36. The molecule has 1 amide bonds. The molecule has 4 rings (SSSR count). The van der Waals surface area contributed by atoms with Gasteiger partial charge in [0.2, 0.25) is 5.91 Å². The van der Waals surface area contributed by atoms with Crippen LogP contribution in [-0.2, 0) is 4.79 Å². The summed E-state index contributed by atoms with van der Waals surface area (Å²) in [6, 6.07) is 10.00. The van der Waals surface area contributed by atoms with Crippen molar-refractivity contribution in [1.82, 2.24) is 19.7 Å². The first kappa shape index (κ1) is 18.2. The number of amides is 1. The van der Waals surface area contributed by atoms with Gasteiger partial charge in [-0.15, -0.1) is 11.8 Å². The third kappa shape index (κ3) is 3.39. The van der Waals surface area contributed by atoms with Crippen molar-refractivity contribution in [1.29, 1.82) is 0 Å². The van der Waals surface area contributed by atoms with E-state index in [1.54, 1.807) is 16.4 Å². The lowest BCUT2D eigenvalue weighted by molar-refractivity contribution is -0.113. The van der Waals surface area contributed by atoms with Gasteiger partial charge < -0.3 is 5.32 Å². The minimum Gasteiger partial charge on any atom is -0.309 e. The predicted molar refractivity (Wildman–Crippen MR) is 110 cm³/mol. The normalized spacial score (nSPS) is 16.6. The van der Waals surface area contributed by atoms with Gasteiger partial charge in [-0.2, -0.15) is 9.78 Å². The highest BCUT2D eigenvalue weighted by atomic mass is 79.9. The van der Waals surface area contributed by atoms with Crippen molar-refractivity contribution in [3.05, 3.63) is 63.0 Å². The van der Waals surface area contributed by atoms with Crippen molar-refractivity contribution in [3.8, 4) is 5.95 Å². The van der Waals surface area contributed by atoms with E-state index in [9.17, 15) is 4.79 Å². The number of carbonyl (C=O) groups is 1. The maximum atomic E-state index is 12.4. The molecule has 6 nitrogen and oxygen atoms in total. The average Bonchev–Trinajstić information content (AvgIpc) is 2.81. The van der Waals surface area contributed by atoms with Gasteiger partial charge in [-0.25, -0.2) is 9.97 Å². The summed E-state index contributed by atoms with van der Waals surface area (Å²) >= 11 is 5.24. The summed E-state index contributed by atoms with van der Waals surface area (Å²) in [5.41, 5.74) is 4.67. The number of carbonyl (C=O) groups excluding carboxylic acids is 1. The first-order valence-corrected chi connectivity index (χ1v) is 10.4. The van der Waals surface area contributed by atoms with E-state index >= 15 is 0 Å². The van der Waals surface area contributed by atoms with Crippen molar-refractivity contribution in [2.24, 2.45) is 0 Å². The van der Waals surface area contributed by atoms with Crippen LogP contribution in [0.1, 0.15) is 33.5 Å². The highest BCUT2D eigenvalue weighted by Gasteiger charge is 2.32. The highest BCUT2D eigenvalue weighted by Crippen LogP contribution is 2.45. The smallest absolute Gasteiger partial charge is 0.252 e. The van der Waals surface area contributed by atoms with Gasteiger partial charge in [-0.1, -0.05) is 34.1 Å². The van der Waals surface area contributed by atoms with Crippen LogP contribution in [0, 0.1) is 20.8 Å². The van der Waals surface area contributed by atoms with Gasteiger partial charge in [0.25, 0.3) is 5.95 Å². The highest BCUT2D eigenvalue weighted by molar-refractivity contribution is 9.10. The molecule has 1 aliphatic heterocycles. The fourth-order valence-electron chi connectivity index (χ4n) is 3.26. The van der Waals surface area contributed by atoms with E-state index in [4.69, 9.17) is 0 Å². The first-order chi connectivity index (χ1) is 12.9. The number of thioether (sulfide) groups is 1. The van der Waals surface area contributed by atoms with Crippen molar-refractivity contribution in [2.75, 3.05) is 11.1 Å². The molecule has 1 aliphatic rings. The van der Waals surface area contributed by atoms with E-state index in [0.717, 1.165) is 32.7 Å². The second kappa shape index (κ2) is 7.09. The van der Waals surface area contributed by atoms with Crippen LogP contribution in [0.4, 0.5) is 5.82 Å². The number of aryl methyl sites for hydroxylation is 3. The molecule has 0 unspecified atom stereocenters. The molecule has 2 aromatic heterocycles. The Bertz CT molecular complexity index is 1030. The number of hydrogen-bond donors (Lipinski definition) is 1. The fourth-order valence-corrected chi connectivity index (χ4v) is 5.15. The molecule has 0 spiro atoms. The van der Waals surface area contributed by atoms with E-state index in [1.165, 1.54) is 0 Å². The monoisotopic (exact) mass is 443 g/mol. The Morgan fingerprint density at radius 1 is 1.19 bits per heavy atom. The SMILES string of the molecule is Cc1cc(C)nc(-n2nc(C)c3c2NC(=O)CS[C@@H]3c2ccccc2Br)n1. The minimum atomic E-state index is -0.0543. The van der Waals surface area contributed by atoms with E-state index < -0.39 is 0 Å². The molecule has 3 heterocycles. The van der Waals surface area contributed by atoms with E-state index in [-0.39, 0.29) is 11.2 Å². The summed E-state index contributed by atoms with van der Waals surface area (Å²) < 4.78 is 2.66. The zero-order valence-corrected chi connectivity index (χ0v) is 17.6. The van der Waals surface area contributed by atoms with Crippen LogP contribution < -0.4 is 5.32 Å². The Labute approximate surface area is 169 Å². The quantitative estimate of drug-likeness (QED) is 0.644. The lowest BCUT2D eigenvalue weighted by Gasteiger charge is -2.16. The van der Waals surface area contributed by atoms with E-state index in [1.807, 2.05) is 45.0 Å². The first-order valence-electron chi connectivity index (χ1n) is 8.52. The zero-order chi connectivity index (χ0) is 19.1. The van der Waals surface area contributed by atoms with E-state index in [0.29, 0.717) is 17.5 Å². The van der Waals surface area contributed by atoms with Crippen molar-refractivity contribution < 1.29 is 4.79 Å². The number of anilines is 1. The molecule has 0 bridgehead atoms. The molecular formula is C19H18BrN5OS. The lowest BCUT2D eigenvalue weighted by atomic mass is 10.0. The minimum absolute atomic E-state index is 0.0193. The van der Waals surface area contributed by atoms with Crippen LogP contribution in [0.3, 0.4) is 0 Å². The van der Waals surface area contributed by atoms with Crippen LogP contribution >= 0.6 is 27.7 Å². The van der Waals surface area contributed by atoms with Crippen LogP contribution in [-0.4, -0.2) is 31.4 Å². The third-order valence-corrected chi connectivity index (χ3v) is 6.33. The molecule has 0 saturated heterocycles. The van der Waals surface area contributed by atoms with Crippen LogP contribution in [0.25, 0.3) is 5.95 Å². The standard InChI is InChI=1S/C19H18BrN5OS/c1-10-8-11(2)22-19(21-10)25-18-16(12(3)24-25)17(27-9-15(26)23-18)13-6-4-5-7-14(13)20/h4-8,17H,9H2,1-3H3,(H,23,26)/t17-/m1/s1. The van der Waals surface area contributed by atoms with Crippen molar-refractivity contribution in [3.63, 3.8) is 0 Å². The number of hydrogen-bond acceptors (Lipinski definition) is 5. The number of halogens is 1. The number of fused-ring (bicyclic) bond motifs is 1. The van der Waals surface area contributed by atoms with Gasteiger partial charge >= 0.3 is 0 Å². The number of aromatic nitrogens is 4. The summed E-state index contributed by atoms with van der Waals surface area (Å²) in [6.45, 7) is 5.80. The maximum Gasteiger partial charge on any atom is 0.252 e. The van der Waals surface area contributed by atoms with Gasteiger partial charge in [0.05, 0.1) is 16.7 Å². The molecule has 0 aliphatic carbocycles. The average molecular weight is 444 g/mol. The molecule has 27 heavy (non-hydrogen) atoms. The van der Waals surface area contributed by atoms with Crippen molar-refractivity contribution >= 4 is 39.4 Å².